The van der Waals surface area contributed by atoms with Crippen molar-refractivity contribution in [3.05, 3.63) is 35.9 Å². The second-order valence-electron chi connectivity index (χ2n) is 4.22. The fourth-order valence-electron chi connectivity index (χ4n) is 1.43. The molecule has 1 aromatic carbocycles. The Bertz CT molecular complexity index is 499. The lowest BCUT2D eigenvalue weighted by atomic mass is 10.1. The van der Waals surface area contributed by atoms with E-state index in [1.165, 1.54) is 7.05 Å². The van der Waals surface area contributed by atoms with Crippen LogP contribution in [0.5, 0.6) is 0 Å². The lowest BCUT2D eigenvalue weighted by Crippen LogP contribution is -2.38. The first-order valence-electron chi connectivity index (χ1n) is 5.56. The van der Waals surface area contributed by atoms with Gasteiger partial charge in [0.15, 0.2) is 0 Å². The highest BCUT2D eigenvalue weighted by Gasteiger charge is 2.16. The van der Waals surface area contributed by atoms with Gasteiger partial charge in [-0.3, -0.25) is 4.79 Å². The Morgan fingerprint density at radius 1 is 1.33 bits per heavy atom. The minimum absolute atomic E-state index is 0.147. The van der Waals surface area contributed by atoms with Crippen LogP contribution in [0.4, 0.5) is 0 Å². The lowest BCUT2D eigenvalue weighted by Gasteiger charge is -2.17. The van der Waals surface area contributed by atoms with Crippen molar-refractivity contribution >= 4 is 15.9 Å². The van der Waals surface area contributed by atoms with E-state index in [0.717, 1.165) is 16.1 Å². The van der Waals surface area contributed by atoms with Gasteiger partial charge in [-0.2, -0.15) is 4.31 Å². The van der Waals surface area contributed by atoms with Gasteiger partial charge in [-0.05, 0) is 12.5 Å². The largest absolute Gasteiger partial charge is 0.348 e. The number of rotatable bonds is 5. The van der Waals surface area contributed by atoms with E-state index in [4.69, 9.17) is 0 Å². The number of amides is 1. The average molecular weight is 270 g/mol. The number of likely N-dealkylation sites (N-methyl/N-ethyl adjacent to an activating group) is 1. The van der Waals surface area contributed by atoms with Gasteiger partial charge in [0.25, 0.3) is 0 Å². The minimum Gasteiger partial charge on any atom is -0.348 e. The molecule has 0 heterocycles. The highest BCUT2D eigenvalue weighted by molar-refractivity contribution is 7.88. The smallest absolute Gasteiger partial charge is 0.235 e. The molecule has 5 nitrogen and oxygen atoms in total. The van der Waals surface area contributed by atoms with Crippen LogP contribution in [0, 0.1) is 0 Å². The summed E-state index contributed by atoms with van der Waals surface area (Å²) >= 11 is 0. The summed E-state index contributed by atoms with van der Waals surface area (Å²) in [6.45, 7) is 1.68. The van der Waals surface area contributed by atoms with Crippen LogP contribution in [0.3, 0.4) is 0 Å². The van der Waals surface area contributed by atoms with Crippen LogP contribution in [0.2, 0.25) is 0 Å². The van der Waals surface area contributed by atoms with Gasteiger partial charge in [0, 0.05) is 7.05 Å². The third kappa shape index (κ3) is 4.46. The molecule has 0 fully saturated rings. The highest BCUT2D eigenvalue weighted by atomic mass is 32.2. The maximum Gasteiger partial charge on any atom is 0.235 e. The zero-order chi connectivity index (χ0) is 13.8. The van der Waals surface area contributed by atoms with Crippen molar-refractivity contribution < 1.29 is 13.2 Å². The standard InChI is InChI=1S/C12H18N2O3S/c1-10(11-7-5-4-6-8-11)13-12(15)9-14(2)18(3,16)17/h4-8,10H,9H2,1-3H3,(H,13,15)/t10-/m1/s1. The Morgan fingerprint density at radius 2 is 1.89 bits per heavy atom. The van der Waals surface area contributed by atoms with Gasteiger partial charge in [0.05, 0.1) is 18.8 Å². The third-order valence-corrected chi connectivity index (χ3v) is 3.87. The number of hydrogen-bond acceptors (Lipinski definition) is 3. The van der Waals surface area contributed by atoms with E-state index in [0.29, 0.717) is 0 Å². The molecule has 0 saturated heterocycles. The van der Waals surface area contributed by atoms with Crippen LogP contribution in [0.15, 0.2) is 30.3 Å². The number of nitrogens with one attached hydrogen (secondary N) is 1. The van der Waals surface area contributed by atoms with Gasteiger partial charge < -0.3 is 5.32 Å². The van der Waals surface area contributed by atoms with Gasteiger partial charge in [-0.15, -0.1) is 0 Å². The summed E-state index contributed by atoms with van der Waals surface area (Å²) in [4.78, 5) is 11.7. The second kappa shape index (κ2) is 5.97. The van der Waals surface area contributed by atoms with Crippen molar-refractivity contribution in [2.24, 2.45) is 0 Å². The van der Waals surface area contributed by atoms with Crippen LogP contribution in [0.1, 0.15) is 18.5 Å². The first-order chi connectivity index (χ1) is 8.30. The Labute approximate surface area is 108 Å². The van der Waals surface area contributed by atoms with Crippen LogP contribution < -0.4 is 5.32 Å². The number of carbonyl (C=O) groups is 1. The monoisotopic (exact) mass is 270 g/mol. The summed E-state index contributed by atoms with van der Waals surface area (Å²) in [5.74, 6) is -0.320. The Hall–Kier alpha value is -1.40. The maximum absolute atomic E-state index is 11.7. The molecule has 0 aliphatic heterocycles. The first kappa shape index (κ1) is 14.7. The van der Waals surface area contributed by atoms with Crippen LogP contribution >= 0.6 is 0 Å². The second-order valence-corrected chi connectivity index (χ2v) is 6.31. The summed E-state index contributed by atoms with van der Waals surface area (Å²) in [7, 11) is -1.95. The van der Waals surface area contributed by atoms with Gasteiger partial charge in [0.1, 0.15) is 0 Å². The Morgan fingerprint density at radius 3 is 2.39 bits per heavy atom. The molecule has 6 heteroatoms. The van der Waals surface area contributed by atoms with Crippen molar-refractivity contribution in [2.75, 3.05) is 19.8 Å². The molecule has 1 rings (SSSR count). The molecule has 1 aromatic rings. The molecule has 18 heavy (non-hydrogen) atoms. The first-order valence-corrected chi connectivity index (χ1v) is 7.41. The number of sulfonamides is 1. The fraction of sp³-hybridized carbons (Fsp3) is 0.417. The molecular formula is C12H18N2O3S. The van der Waals surface area contributed by atoms with Crippen molar-refractivity contribution in [1.82, 2.24) is 9.62 Å². The minimum atomic E-state index is -3.33. The number of nitrogens with zero attached hydrogens (tertiary/aromatic N) is 1. The van der Waals surface area contributed by atoms with Crippen molar-refractivity contribution in [3.63, 3.8) is 0 Å². The molecule has 0 aliphatic rings. The zero-order valence-corrected chi connectivity index (χ0v) is 11.6. The van der Waals surface area contributed by atoms with Crippen molar-refractivity contribution in [1.29, 1.82) is 0 Å². The fourth-order valence-corrected chi connectivity index (χ4v) is 1.78. The molecule has 0 radical (unpaired) electrons. The number of hydrogen-bond donors (Lipinski definition) is 1. The molecule has 0 bridgehead atoms. The topological polar surface area (TPSA) is 66.5 Å². The SMILES string of the molecule is C[C@@H](NC(=O)CN(C)S(C)(=O)=O)c1ccccc1. The molecule has 1 amide bonds. The lowest BCUT2D eigenvalue weighted by molar-refractivity contribution is -0.121. The van der Waals surface area contributed by atoms with Crippen LogP contribution in [-0.2, 0) is 14.8 Å². The Balaban J connectivity index is 2.56. The molecule has 1 N–H and O–H groups in total. The van der Waals surface area contributed by atoms with Crippen molar-refractivity contribution in [2.45, 2.75) is 13.0 Å². The predicted octanol–water partition coefficient (Wildman–Crippen LogP) is 0.755. The predicted molar refractivity (Wildman–Crippen MR) is 70.5 cm³/mol. The van der Waals surface area contributed by atoms with E-state index < -0.39 is 10.0 Å². The molecule has 0 unspecified atom stereocenters. The van der Waals surface area contributed by atoms with Crippen molar-refractivity contribution in [3.8, 4) is 0 Å². The summed E-state index contributed by atoms with van der Waals surface area (Å²) in [5.41, 5.74) is 0.979. The van der Waals surface area contributed by atoms with Crippen LogP contribution in [-0.4, -0.2) is 38.5 Å². The number of carbonyl (C=O) groups excluding carboxylic acids is 1. The maximum atomic E-state index is 11.7. The summed E-state index contributed by atoms with van der Waals surface area (Å²) in [6, 6.07) is 9.35. The highest BCUT2D eigenvalue weighted by Crippen LogP contribution is 2.10. The molecule has 0 spiro atoms. The summed E-state index contributed by atoms with van der Waals surface area (Å²) in [6.07, 6.45) is 1.07. The molecule has 1 atom stereocenters. The van der Waals surface area contributed by atoms with Gasteiger partial charge >= 0.3 is 0 Å². The van der Waals surface area contributed by atoms with E-state index in [2.05, 4.69) is 5.32 Å². The third-order valence-electron chi connectivity index (χ3n) is 2.61. The summed E-state index contributed by atoms with van der Waals surface area (Å²) < 4.78 is 23.4. The van der Waals surface area contributed by atoms with E-state index in [1.54, 1.807) is 0 Å². The van der Waals surface area contributed by atoms with E-state index in [9.17, 15) is 13.2 Å². The average Bonchev–Trinajstić information content (AvgIpc) is 2.28. The molecule has 100 valence electrons. The quantitative estimate of drug-likeness (QED) is 0.859. The van der Waals surface area contributed by atoms with Gasteiger partial charge in [-0.25, -0.2) is 8.42 Å². The number of benzene rings is 1. The molecule has 0 aromatic heterocycles. The molecular weight excluding hydrogens is 252 g/mol. The van der Waals surface area contributed by atoms with E-state index in [-0.39, 0.29) is 18.5 Å². The normalized spacial score (nSPS) is 13.3. The van der Waals surface area contributed by atoms with E-state index >= 15 is 0 Å². The van der Waals surface area contributed by atoms with E-state index in [1.807, 2.05) is 37.3 Å². The zero-order valence-electron chi connectivity index (χ0n) is 10.8. The summed E-state index contributed by atoms with van der Waals surface area (Å²) in [5, 5.41) is 2.75. The molecule has 0 saturated carbocycles. The molecule has 0 aliphatic carbocycles. The Kier molecular flexibility index (Phi) is 4.86. The van der Waals surface area contributed by atoms with Gasteiger partial charge in [-0.1, -0.05) is 30.3 Å². The van der Waals surface area contributed by atoms with Gasteiger partial charge in [0.2, 0.25) is 15.9 Å². The van der Waals surface area contributed by atoms with Crippen LogP contribution in [0.25, 0.3) is 0 Å².